The quantitative estimate of drug-likeness (QED) is 0.235. The Kier molecular flexibility index (Phi) is 9.19. The van der Waals surface area contributed by atoms with E-state index in [1.807, 2.05) is 78.9 Å². The van der Waals surface area contributed by atoms with Gasteiger partial charge >= 0.3 is 0 Å². The van der Waals surface area contributed by atoms with Gasteiger partial charge in [-0.15, -0.1) is 0 Å². The van der Waals surface area contributed by atoms with Crippen LogP contribution in [0.5, 0.6) is 11.5 Å². The van der Waals surface area contributed by atoms with Crippen molar-refractivity contribution >= 4 is 5.69 Å². The maximum Gasteiger partial charge on any atom is 0.142 e. The van der Waals surface area contributed by atoms with E-state index in [0.29, 0.717) is 24.6 Å². The second-order valence-corrected chi connectivity index (χ2v) is 9.40. The lowest BCUT2D eigenvalue weighted by atomic mass is 10.0. The van der Waals surface area contributed by atoms with Crippen LogP contribution in [0.4, 0.5) is 5.69 Å². The topological polar surface area (TPSA) is 68.0 Å². The number of hydrogen-bond donors (Lipinski definition) is 2. The Hall–Kier alpha value is -3.80. The van der Waals surface area contributed by atoms with E-state index < -0.39 is 6.10 Å². The van der Waals surface area contributed by atoms with Crippen molar-refractivity contribution in [3.05, 3.63) is 125 Å². The summed E-state index contributed by atoms with van der Waals surface area (Å²) in [5.41, 5.74) is 11.1. The first-order valence-electron chi connectivity index (χ1n) is 12.7. The van der Waals surface area contributed by atoms with E-state index in [9.17, 15) is 5.11 Å². The van der Waals surface area contributed by atoms with Crippen molar-refractivity contribution in [2.24, 2.45) is 0 Å². The van der Waals surface area contributed by atoms with Crippen molar-refractivity contribution in [3.8, 4) is 11.5 Å². The first-order valence-corrected chi connectivity index (χ1v) is 12.7. The van der Waals surface area contributed by atoms with Crippen LogP contribution in [-0.4, -0.2) is 29.7 Å². The minimum atomic E-state index is -0.687. The molecule has 5 heteroatoms. The summed E-state index contributed by atoms with van der Waals surface area (Å²) in [5, 5.41) is 11.2. The maximum absolute atomic E-state index is 11.2. The molecule has 5 nitrogen and oxygen atoms in total. The molecule has 37 heavy (non-hydrogen) atoms. The normalized spacial score (nSPS) is 12.8. The van der Waals surface area contributed by atoms with Crippen LogP contribution in [0.25, 0.3) is 0 Å². The Morgan fingerprint density at radius 2 is 1.46 bits per heavy atom. The third kappa shape index (κ3) is 7.59. The number of rotatable bonds is 12. The molecule has 0 unspecified atom stereocenters. The molecule has 0 aromatic heterocycles. The molecule has 4 aromatic rings. The summed E-state index contributed by atoms with van der Waals surface area (Å²) >= 11 is 0. The number of benzene rings is 4. The maximum atomic E-state index is 11.2. The summed E-state index contributed by atoms with van der Waals surface area (Å²) in [7, 11) is 1.68. The molecular weight excluding hydrogens is 460 g/mol. The number of methoxy groups -OCH3 is 1. The molecule has 0 heterocycles. The van der Waals surface area contributed by atoms with Crippen molar-refractivity contribution < 1.29 is 14.6 Å². The highest BCUT2D eigenvalue weighted by molar-refractivity contribution is 5.54. The molecule has 4 aromatic carbocycles. The minimum Gasteiger partial charge on any atom is -0.497 e. The van der Waals surface area contributed by atoms with Gasteiger partial charge in [-0.05, 0) is 59.9 Å². The summed E-state index contributed by atoms with van der Waals surface area (Å²) in [4.78, 5) is 2.32. The van der Waals surface area contributed by atoms with E-state index >= 15 is 0 Å². The van der Waals surface area contributed by atoms with E-state index in [4.69, 9.17) is 15.2 Å². The van der Waals surface area contributed by atoms with Gasteiger partial charge in [0.15, 0.2) is 0 Å². The van der Waals surface area contributed by atoms with Crippen molar-refractivity contribution in [1.82, 2.24) is 4.90 Å². The first-order chi connectivity index (χ1) is 18.0. The zero-order valence-corrected chi connectivity index (χ0v) is 21.6. The molecule has 0 bridgehead atoms. The molecule has 0 amide bonds. The Morgan fingerprint density at radius 3 is 2.08 bits per heavy atom. The molecule has 4 rings (SSSR count). The molecule has 3 N–H and O–H groups in total. The number of ether oxygens (including phenoxy) is 2. The molecule has 0 aliphatic rings. The fraction of sp³-hybridized carbons (Fsp3) is 0.250. The Bertz CT molecular complexity index is 1230. The monoisotopic (exact) mass is 496 g/mol. The number of aliphatic hydroxyl groups is 1. The fourth-order valence-electron chi connectivity index (χ4n) is 4.42. The van der Waals surface area contributed by atoms with Crippen LogP contribution < -0.4 is 15.2 Å². The standard InChI is InChI=1S/C32H36N2O3/c1-24(19-25-13-16-29(36-2)17-14-25)34(21-26-9-5-3-6-10-26)22-31(35)28-15-18-32(30(33)20-28)37-23-27-11-7-4-8-12-27/h3-18,20,24,31,35H,19,21-23,33H2,1-2H3/t24-,31+/m0/s1. The van der Waals surface area contributed by atoms with Gasteiger partial charge in [-0.25, -0.2) is 0 Å². The molecule has 192 valence electrons. The average molecular weight is 497 g/mol. The SMILES string of the molecule is COc1ccc(C[C@H](C)N(Cc2ccccc2)C[C@@H](O)c2ccc(OCc3ccccc3)c(N)c2)cc1. The van der Waals surface area contributed by atoms with Gasteiger partial charge in [0.25, 0.3) is 0 Å². The number of hydrogen-bond acceptors (Lipinski definition) is 5. The van der Waals surface area contributed by atoms with Crippen LogP contribution in [-0.2, 0) is 19.6 Å². The van der Waals surface area contributed by atoms with Crippen LogP contribution in [0.1, 0.15) is 35.3 Å². The highest BCUT2D eigenvalue weighted by Crippen LogP contribution is 2.28. The second-order valence-electron chi connectivity index (χ2n) is 9.40. The highest BCUT2D eigenvalue weighted by atomic mass is 16.5. The minimum absolute atomic E-state index is 0.203. The second kappa shape index (κ2) is 12.9. The van der Waals surface area contributed by atoms with Gasteiger partial charge in [0.2, 0.25) is 0 Å². The largest absolute Gasteiger partial charge is 0.497 e. The van der Waals surface area contributed by atoms with Crippen molar-refractivity contribution in [1.29, 1.82) is 0 Å². The zero-order valence-electron chi connectivity index (χ0n) is 21.6. The van der Waals surface area contributed by atoms with Crippen molar-refractivity contribution in [3.63, 3.8) is 0 Å². The smallest absolute Gasteiger partial charge is 0.142 e. The van der Waals surface area contributed by atoms with Crippen LogP contribution >= 0.6 is 0 Å². The Morgan fingerprint density at radius 1 is 0.811 bits per heavy atom. The summed E-state index contributed by atoms with van der Waals surface area (Å²) in [6, 6.07) is 34.3. The molecule has 0 radical (unpaired) electrons. The van der Waals surface area contributed by atoms with Crippen LogP contribution in [0.3, 0.4) is 0 Å². The summed E-state index contributed by atoms with van der Waals surface area (Å²) in [5.74, 6) is 1.47. The predicted octanol–water partition coefficient (Wildman–Crippen LogP) is 6.02. The van der Waals surface area contributed by atoms with Crippen LogP contribution in [0.2, 0.25) is 0 Å². The van der Waals surface area contributed by atoms with Gasteiger partial charge in [0.1, 0.15) is 18.1 Å². The van der Waals surface area contributed by atoms with E-state index in [-0.39, 0.29) is 6.04 Å². The summed E-state index contributed by atoms with van der Waals surface area (Å²) in [6.45, 7) is 3.87. The summed E-state index contributed by atoms with van der Waals surface area (Å²) in [6.07, 6.45) is 0.172. The van der Waals surface area contributed by atoms with Gasteiger partial charge in [-0.1, -0.05) is 78.9 Å². The molecule has 0 saturated heterocycles. The fourth-order valence-corrected chi connectivity index (χ4v) is 4.42. The van der Waals surface area contributed by atoms with E-state index in [0.717, 1.165) is 29.8 Å². The Balaban J connectivity index is 1.45. The van der Waals surface area contributed by atoms with E-state index in [1.165, 1.54) is 11.1 Å². The van der Waals surface area contributed by atoms with Gasteiger partial charge in [0.05, 0.1) is 18.9 Å². The molecule has 0 spiro atoms. The van der Waals surface area contributed by atoms with E-state index in [1.54, 1.807) is 7.11 Å². The number of nitrogens with zero attached hydrogens (tertiary/aromatic N) is 1. The number of anilines is 1. The van der Waals surface area contributed by atoms with Gasteiger partial charge in [0, 0.05) is 19.1 Å². The van der Waals surface area contributed by atoms with Crippen LogP contribution in [0, 0.1) is 0 Å². The molecule has 0 saturated carbocycles. The lowest BCUT2D eigenvalue weighted by molar-refractivity contribution is 0.0859. The van der Waals surface area contributed by atoms with Gasteiger partial charge in [-0.2, -0.15) is 0 Å². The molecule has 2 atom stereocenters. The van der Waals surface area contributed by atoms with Crippen molar-refractivity contribution in [2.45, 2.75) is 38.6 Å². The average Bonchev–Trinajstić information content (AvgIpc) is 2.93. The highest BCUT2D eigenvalue weighted by Gasteiger charge is 2.20. The lowest BCUT2D eigenvalue weighted by Crippen LogP contribution is -2.37. The van der Waals surface area contributed by atoms with E-state index in [2.05, 4.69) is 36.1 Å². The first kappa shape index (κ1) is 26.3. The lowest BCUT2D eigenvalue weighted by Gasteiger charge is -2.31. The van der Waals surface area contributed by atoms with Gasteiger partial charge < -0.3 is 20.3 Å². The van der Waals surface area contributed by atoms with Gasteiger partial charge in [-0.3, -0.25) is 4.90 Å². The van der Waals surface area contributed by atoms with Crippen LogP contribution in [0.15, 0.2) is 103 Å². The summed E-state index contributed by atoms with van der Waals surface area (Å²) < 4.78 is 11.2. The number of nitrogens with two attached hydrogens (primary N) is 1. The molecular formula is C32H36N2O3. The predicted molar refractivity (Wildman–Crippen MR) is 150 cm³/mol. The van der Waals surface area contributed by atoms with Crippen molar-refractivity contribution in [2.75, 3.05) is 19.4 Å². The third-order valence-corrected chi connectivity index (χ3v) is 6.61. The molecule has 0 aliphatic carbocycles. The number of aliphatic hydroxyl groups excluding tert-OH is 1. The molecule has 0 aliphatic heterocycles. The third-order valence-electron chi connectivity index (χ3n) is 6.61. The number of nitrogen functional groups attached to an aromatic ring is 1. The zero-order chi connectivity index (χ0) is 26.0. The molecule has 0 fully saturated rings. The Labute approximate surface area is 220 Å².